The number of hydrogen-bond acceptors (Lipinski definition) is 4. The fraction of sp³-hybridized carbons (Fsp3) is 0.389. The minimum atomic E-state index is -1.09. The molecule has 0 radical (unpaired) electrons. The second kappa shape index (κ2) is 7.82. The van der Waals surface area contributed by atoms with Crippen molar-refractivity contribution >= 4 is 40.4 Å². The smallest absolute Gasteiger partial charge is 0.326 e. The van der Waals surface area contributed by atoms with Crippen molar-refractivity contribution in [2.24, 2.45) is 0 Å². The quantitative estimate of drug-likeness (QED) is 0.712. The van der Waals surface area contributed by atoms with Crippen molar-refractivity contribution < 1.29 is 19.5 Å². The summed E-state index contributed by atoms with van der Waals surface area (Å²) in [6.45, 7) is 1.75. The Morgan fingerprint density at radius 2 is 2.15 bits per heavy atom. The lowest BCUT2D eigenvalue weighted by Crippen LogP contribution is -2.52. The van der Waals surface area contributed by atoms with Crippen LogP contribution in [0.4, 0.5) is 0 Å². The van der Waals surface area contributed by atoms with E-state index in [1.54, 1.807) is 13.1 Å². The van der Waals surface area contributed by atoms with Crippen LogP contribution in [0.5, 0.6) is 0 Å². The highest BCUT2D eigenvalue weighted by Gasteiger charge is 2.35. The maximum Gasteiger partial charge on any atom is 0.326 e. The number of carbonyl (C=O) groups is 3. The van der Waals surface area contributed by atoms with Gasteiger partial charge in [-0.25, -0.2) is 4.79 Å². The van der Waals surface area contributed by atoms with Crippen molar-refractivity contribution in [3.63, 3.8) is 0 Å². The summed E-state index contributed by atoms with van der Waals surface area (Å²) in [5.41, 5.74) is 1.75. The summed E-state index contributed by atoms with van der Waals surface area (Å²) >= 11 is 1.50. The number of benzene rings is 1. The van der Waals surface area contributed by atoms with Crippen LogP contribution in [-0.4, -0.2) is 56.5 Å². The van der Waals surface area contributed by atoms with E-state index in [9.17, 15) is 19.5 Å². The fourth-order valence-corrected chi connectivity index (χ4v) is 4.28. The number of carboxylic acid groups (broad SMARTS) is 1. The van der Waals surface area contributed by atoms with Crippen molar-refractivity contribution in [1.82, 2.24) is 15.2 Å². The normalized spacial score (nSPS) is 18.0. The van der Waals surface area contributed by atoms with Crippen LogP contribution in [-0.2, 0) is 20.8 Å². The molecule has 2 aromatic rings. The Labute approximate surface area is 155 Å². The highest BCUT2D eigenvalue weighted by Crippen LogP contribution is 2.23. The Kier molecular flexibility index (Phi) is 5.51. The highest BCUT2D eigenvalue weighted by molar-refractivity contribution is 7.99. The molecule has 3 N–H and O–H groups in total. The largest absolute Gasteiger partial charge is 0.480 e. The molecule has 1 aromatic heterocycles. The molecule has 2 atom stereocenters. The number of H-pyrrole nitrogens is 1. The van der Waals surface area contributed by atoms with Gasteiger partial charge >= 0.3 is 5.97 Å². The third-order valence-electron chi connectivity index (χ3n) is 4.52. The maximum atomic E-state index is 12.6. The number of nitrogens with zero attached hydrogens (tertiary/aromatic N) is 1. The predicted molar refractivity (Wildman–Crippen MR) is 99.8 cm³/mol. The zero-order valence-electron chi connectivity index (χ0n) is 14.4. The molecule has 0 spiro atoms. The molecular weight excluding hydrogens is 354 g/mol. The Morgan fingerprint density at radius 3 is 2.88 bits per heavy atom. The molecule has 2 heterocycles. The molecule has 0 bridgehead atoms. The molecule has 2 unspecified atom stereocenters. The first-order valence-corrected chi connectivity index (χ1v) is 9.62. The van der Waals surface area contributed by atoms with E-state index in [0.717, 1.165) is 16.5 Å². The number of aliphatic carboxylic acids is 1. The molecule has 1 aromatic carbocycles. The molecule has 2 amide bonds. The van der Waals surface area contributed by atoms with Crippen LogP contribution in [0.25, 0.3) is 10.9 Å². The van der Waals surface area contributed by atoms with E-state index in [2.05, 4.69) is 10.3 Å². The summed E-state index contributed by atoms with van der Waals surface area (Å²) in [4.78, 5) is 40.9. The van der Waals surface area contributed by atoms with Crippen LogP contribution in [0.2, 0.25) is 0 Å². The van der Waals surface area contributed by atoms with Gasteiger partial charge in [0.05, 0.1) is 5.88 Å². The van der Waals surface area contributed by atoms with Crippen LogP contribution >= 0.6 is 11.8 Å². The summed E-state index contributed by atoms with van der Waals surface area (Å²) in [5.74, 6) is -0.660. The van der Waals surface area contributed by atoms with Gasteiger partial charge in [-0.3, -0.25) is 9.59 Å². The molecule has 1 saturated heterocycles. The number of fused-ring (bicyclic) bond motifs is 1. The first-order chi connectivity index (χ1) is 12.5. The lowest BCUT2D eigenvalue weighted by molar-refractivity contribution is -0.143. The van der Waals surface area contributed by atoms with Crippen molar-refractivity contribution in [3.8, 4) is 0 Å². The summed E-state index contributed by atoms with van der Waals surface area (Å²) in [6.07, 6.45) is 2.26. The molecule has 26 heavy (non-hydrogen) atoms. The zero-order valence-corrected chi connectivity index (χ0v) is 15.2. The summed E-state index contributed by atoms with van der Waals surface area (Å²) in [7, 11) is 0. The van der Waals surface area contributed by atoms with Crippen molar-refractivity contribution in [2.75, 3.05) is 11.6 Å². The number of thioether (sulfide) groups is 1. The minimum Gasteiger partial charge on any atom is -0.480 e. The third-order valence-corrected chi connectivity index (χ3v) is 5.53. The van der Waals surface area contributed by atoms with E-state index in [0.29, 0.717) is 18.1 Å². The molecule has 3 rings (SSSR count). The van der Waals surface area contributed by atoms with Gasteiger partial charge in [0.15, 0.2) is 0 Å². The third kappa shape index (κ3) is 3.70. The number of aromatic nitrogens is 1. The minimum absolute atomic E-state index is 0.0985. The second-order valence-electron chi connectivity index (χ2n) is 6.20. The number of rotatable bonds is 6. The lowest BCUT2D eigenvalue weighted by Gasteiger charge is -2.24. The van der Waals surface area contributed by atoms with Gasteiger partial charge in [0, 0.05) is 35.7 Å². The molecule has 0 saturated carbocycles. The van der Waals surface area contributed by atoms with Gasteiger partial charge in [-0.1, -0.05) is 25.1 Å². The number of carbonyl (C=O) groups excluding carboxylic acids is 2. The average molecular weight is 375 g/mol. The predicted octanol–water partition coefficient (Wildman–Crippen LogP) is 1.59. The molecule has 7 nitrogen and oxygen atoms in total. The number of nitrogens with one attached hydrogen (secondary N) is 2. The monoisotopic (exact) mass is 375 g/mol. The van der Waals surface area contributed by atoms with E-state index >= 15 is 0 Å². The SMILES string of the molecule is CCC(=O)N1CSCC1C(=O)NC(Cc1c[nH]c2ccccc12)C(=O)O. The van der Waals surface area contributed by atoms with Crippen LogP contribution in [0.3, 0.4) is 0 Å². The van der Waals surface area contributed by atoms with E-state index < -0.39 is 24.0 Å². The number of carboxylic acids is 1. The molecule has 138 valence electrons. The molecule has 1 aliphatic heterocycles. The van der Waals surface area contributed by atoms with E-state index in [1.165, 1.54) is 16.7 Å². The Balaban J connectivity index is 1.73. The van der Waals surface area contributed by atoms with E-state index in [-0.39, 0.29) is 12.3 Å². The Morgan fingerprint density at radius 1 is 1.38 bits per heavy atom. The first kappa shape index (κ1) is 18.3. The molecule has 1 fully saturated rings. The van der Waals surface area contributed by atoms with Crippen LogP contribution in [0, 0.1) is 0 Å². The van der Waals surface area contributed by atoms with Gasteiger partial charge < -0.3 is 20.3 Å². The first-order valence-electron chi connectivity index (χ1n) is 8.46. The van der Waals surface area contributed by atoms with E-state index in [4.69, 9.17) is 0 Å². The van der Waals surface area contributed by atoms with Gasteiger partial charge in [-0.15, -0.1) is 11.8 Å². The Bertz CT molecular complexity index is 835. The van der Waals surface area contributed by atoms with Crippen molar-refractivity contribution in [2.45, 2.75) is 31.8 Å². The number of amides is 2. The Hall–Kier alpha value is -2.48. The summed E-state index contributed by atoms with van der Waals surface area (Å²) in [6, 6.07) is 5.95. The highest BCUT2D eigenvalue weighted by atomic mass is 32.2. The fourth-order valence-electron chi connectivity index (χ4n) is 3.10. The van der Waals surface area contributed by atoms with E-state index in [1.807, 2.05) is 24.3 Å². The topological polar surface area (TPSA) is 103 Å². The van der Waals surface area contributed by atoms with Crippen LogP contribution in [0.15, 0.2) is 30.5 Å². The van der Waals surface area contributed by atoms with Crippen LogP contribution in [0.1, 0.15) is 18.9 Å². The standard InChI is InChI=1S/C18H21N3O4S/c1-2-16(22)21-10-26-9-15(21)17(23)20-14(18(24)25)7-11-8-19-13-6-4-3-5-12(11)13/h3-6,8,14-15,19H,2,7,9-10H2,1H3,(H,20,23)(H,24,25). The molecule has 8 heteroatoms. The van der Waals surface area contributed by atoms with Crippen LogP contribution < -0.4 is 5.32 Å². The number of para-hydroxylation sites is 1. The zero-order chi connectivity index (χ0) is 18.7. The summed E-state index contributed by atoms with van der Waals surface area (Å²) < 4.78 is 0. The van der Waals surface area contributed by atoms with Gasteiger partial charge in [0.2, 0.25) is 11.8 Å². The average Bonchev–Trinajstić information content (AvgIpc) is 3.27. The maximum absolute atomic E-state index is 12.6. The van der Waals surface area contributed by atoms with Crippen molar-refractivity contribution in [3.05, 3.63) is 36.0 Å². The molecule has 0 aliphatic carbocycles. The van der Waals surface area contributed by atoms with Crippen molar-refractivity contribution in [1.29, 1.82) is 0 Å². The number of aromatic amines is 1. The van der Waals surface area contributed by atoms with Gasteiger partial charge in [0.1, 0.15) is 12.1 Å². The lowest BCUT2D eigenvalue weighted by atomic mass is 10.0. The van der Waals surface area contributed by atoms with Gasteiger partial charge in [-0.05, 0) is 11.6 Å². The summed E-state index contributed by atoms with van der Waals surface area (Å²) in [5, 5.41) is 13.1. The second-order valence-corrected chi connectivity index (χ2v) is 7.20. The van der Waals surface area contributed by atoms with Gasteiger partial charge in [0.25, 0.3) is 0 Å². The number of hydrogen-bond donors (Lipinski definition) is 3. The molecular formula is C18H21N3O4S. The molecule has 1 aliphatic rings. The van der Waals surface area contributed by atoms with Gasteiger partial charge in [-0.2, -0.15) is 0 Å².